The zero-order valence-corrected chi connectivity index (χ0v) is 25.8. The Labute approximate surface area is 247 Å². The van der Waals surface area contributed by atoms with Crippen LogP contribution in [0.2, 0.25) is 5.04 Å². The predicted molar refractivity (Wildman–Crippen MR) is 170 cm³/mol. The molecule has 4 aromatic rings. The molecule has 0 saturated heterocycles. The summed E-state index contributed by atoms with van der Waals surface area (Å²) in [6.07, 6.45) is -0.131. The van der Waals surface area contributed by atoms with E-state index in [0.717, 1.165) is 11.1 Å². The second kappa shape index (κ2) is 14.2. The zero-order valence-electron chi connectivity index (χ0n) is 24.8. The van der Waals surface area contributed by atoms with Crippen LogP contribution in [0.4, 0.5) is 0 Å². The van der Waals surface area contributed by atoms with Crippen molar-refractivity contribution in [3.8, 4) is 0 Å². The lowest BCUT2D eigenvalue weighted by atomic mass is 9.95. The van der Waals surface area contributed by atoms with Crippen molar-refractivity contribution in [2.45, 2.75) is 64.1 Å². The zero-order chi connectivity index (χ0) is 29.2. The Balaban J connectivity index is 1.64. The highest BCUT2D eigenvalue weighted by atomic mass is 28.4. The van der Waals surface area contributed by atoms with E-state index in [1.54, 1.807) is 0 Å². The first-order valence-corrected chi connectivity index (χ1v) is 16.4. The number of hydrogen-bond acceptors (Lipinski definition) is 4. The van der Waals surface area contributed by atoms with E-state index >= 15 is 0 Å². The standard InChI is InChI=1S/C36H44O4Si/c1-5-36(37,34(39-27-31-20-12-7-13-21-31)28-38-26-30-18-10-6-11-19-30)29-40-41(35(2,3)4,32-22-14-8-15-23-32)33-24-16-9-17-25-33/h6-25,34,37H,5,26-29H2,1-4H3/t34-,36+/m0/s1. The van der Waals surface area contributed by atoms with Crippen molar-refractivity contribution in [2.75, 3.05) is 13.2 Å². The van der Waals surface area contributed by atoms with E-state index in [1.165, 1.54) is 10.4 Å². The molecule has 0 amide bonds. The van der Waals surface area contributed by atoms with Crippen LogP contribution in [-0.2, 0) is 27.1 Å². The van der Waals surface area contributed by atoms with Gasteiger partial charge in [-0.15, -0.1) is 0 Å². The van der Waals surface area contributed by atoms with Crippen molar-refractivity contribution in [3.05, 3.63) is 132 Å². The Morgan fingerprint density at radius 1 is 0.659 bits per heavy atom. The van der Waals surface area contributed by atoms with Gasteiger partial charge in [0.1, 0.15) is 11.7 Å². The summed E-state index contributed by atoms with van der Waals surface area (Å²) >= 11 is 0. The molecule has 41 heavy (non-hydrogen) atoms. The molecule has 0 aliphatic rings. The van der Waals surface area contributed by atoms with Crippen molar-refractivity contribution >= 4 is 18.7 Å². The third-order valence-electron chi connectivity index (χ3n) is 7.84. The van der Waals surface area contributed by atoms with Crippen molar-refractivity contribution in [1.82, 2.24) is 0 Å². The Hall–Kier alpha value is -3.06. The van der Waals surface area contributed by atoms with Gasteiger partial charge in [-0.25, -0.2) is 0 Å². The lowest BCUT2D eigenvalue weighted by Gasteiger charge is -2.45. The van der Waals surface area contributed by atoms with E-state index < -0.39 is 20.0 Å². The minimum atomic E-state index is -2.85. The summed E-state index contributed by atoms with van der Waals surface area (Å²) in [5.41, 5.74) is 0.864. The third-order valence-corrected chi connectivity index (χ3v) is 12.8. The predicted octanol–water partition coefficient (Wildman–Crippen LogP) is 6.51. The van der Waals surface area contributed by atoms with Gasteiger partial charge in [-0.1, -0.05) is 149 Å². The maximum Gasteiger partial charge on any atom is 0.261 e. The second-order valence-electron chi connectivity index (χ2n) is 11.7. The van der Waals surface area contributed by atoms with Crippen LogP contribution >= 0.6 is 0 Å². The van der Waals surface area contributed by atoms with Gasteiger partial charge < -0.3 is 19.0 Å². The molecule has 2 atom stereocenters. The fourth-order valence-corrected chi connectivity index (χ4v) is 10.0. The van der Waals surface area contributed by atoms with E-state index in [-0.39, 0.29) is 18.3 Å². The topological polar surface area (TPSA) is 47.9 Å². The molecule has 0 spiro atoms. The molecule has 0 radical (unpaired) electrons. The molecular weight excluding hydrogens is 524 g/mol. The van der Waals surface area contributed by atoms with Crippen molar-refractivity contribution < 1.29 is 19.0 Å². The Kier molecular flexibility index (Phi) is 10.7. The molecule has 0 heterocycles. The molecule has 4 aromatic carbocycles. The van der Waals surface area contributed by atoms with E-state index in [4.69, 9.17) is 13.9 Å². The number of aliphatic hydroxyl groups is 1. The Bertz CT molecular complexity index is 1250. The SMILES string of the molecule is CC[C@@](O)(CO[Si](c1ccccc1)(c1ccccc1)C(C)(C)C)[C@H](COCc1ccccc1)OCc1ccccc1. The van der Waals surface area contributed by atoms with E-state index in [0.29, 0.717) is 19.6 Å². The second-order valence-corrected chi connectivity index (χ2v) is 16.0. The van der Waals surface area contributed by atoms with E-state index in [1.807, 2.05) is 79.7 Å². The van der Waals surface area contributed by atoms with Gasteiger partial charge in [0.15, 0.2) is 0 Å². The van der Waals surface area contributed by atoms with Crippen LogP contribution in [0.15, 0.2) is 121 Å². The average molecular weight is 569 g/mol. The lowest BCUT2D eigenvalue weighted by Crippen LogP contribution is -2.68. The highest BCUT2D eigenvalue weighted by molar-refractivity contribution is 6.99. The maximum absolute atomic E-state index is 12.3. The molecule has 0 aliphatic carbocycles. The fraction of sp³-hybridized carbons (Fsp3) is 0.333. The molecule has 216 valence electrons. The number of benzene rings is 4. The van der Waals surface area contributed by atoms with Crippen LogP contribution in [0.3, 0.4) is 0 Å². The third kappa shape index (κ3) is 7.62. The van der Waals surface area contributed by atoms with Crippen LogP contribution in [0, 0.1) is 0 Å². The minimum Gasteiger partial charge on any atom is -0.404 e. The van der Waals surface area contributed by atoms with Crippen LogP contribution in [0.5, 0.6) is 0 Å². The number of rotatable bonds is 14. The van der Waals surface area contributed by atoms with Crippen molar-refractivity contribution in [1.29, 1.82) is 0 Å². The Morgan fingerprint density at radius 2 is 1.10 bits per heavy atom. The van der Waals surface area contributed by atoms with Gasteiger partial charge in [-0.3, -0.25) is 0 Å². The average Bonchev–Trinajstić information content (AvgIpc) is 3.00. The summed E-state index contributed by atoms with van der Waals surface area (Å²) < 4.78 is 19.8. The molecule has 0 aromatic heterocycles. The maximum atomic E-state index is 12.3. The van der Waals surface area contributed by atoms with E-state index in [9.17, 15) is 5.11 Å². The molecule has 4 rings (SSSR count). The summed E-state index contributed by atoms with van der Waals surface area (Å²) in [6.45, 7) is 9.93. The first-order valence-electron chi connectivity index (χ1n) is 14.5. The summed E-state index contributed by atoms with van der Waals surface area (Å²) in [5, 5.41) is 14.4. The van der Waals surface area contributed by atoms with Crippen LogP contribution in [0.25, 0.3) is 0 Å². The summed E-state index contributed by atoms with van der Waals surface area (Å²) in [7, 11) is -2.85. The first-order chi connectivity index (χ1) is 19.8. The smallest absolute Gasteiger partial charge is 0.261 e. The molecule has 5 heteroatoms. The molecular formula is C36H44O4Si. The molecule has 1 N–H and O–H groups in total. The normalized spacial score (nSPS) is 14.4. The largest absolute Gasteiger partial charge is 0.404 e. The quantitative estimate of drug-likeness (QED) is 0.176. The monoisotopic (exact) mass is 568 g/mol. The lowest BCUT2D eigenvalue weighted by molar-refractivity contribution is -0.160. The van der Waals surface area contributed by atoms with Crippen molar-refractivity contribution in [2.24, 2.45) is 0 Å². The van der Waals surface area contributed by atoms with Gasteiger partial charge >= 0.3 is 0 Å². The van der Waals surface area contributed by atoms with Gasteiger partial charge in [-0.05, 0) is 33.0 Å². The first kappa shape index (κ1) is 30.9. The van der Waals surface area contributed by atoms with Crippen LogP contribution in [-0.4, -0.2) is 38.3 Å². The van der Waals surface area contributed by atoms with E-state index in [2.05, 4.69) is 69.3 Å². The molecule has 0 aliphatic heterocycles. The Morgan fingerprint density at radius 3 is 1.54 bits per heavy atom. The summed E-state index contributed by atoms with van der Waals surface area (Å²) in [5.74, 6) is 0. The fourth-order valence-electron chi connectivity index (χ4n) is 5.40. The van der Waals surface area contributed by atoms with Gasteiger partial charge in [-0.2, -0.15) is 0 Å². The number of hydrogen-bond donors (Lipinski definition) is 1. The van der Waals surface area contributed by atoms with Gasteiger partial charge in [0.05, 0.1) is 26.4 Å². The molecule has 4 nitrogen and oxygen atoms in total. The molecule has 0 bridgehead atoms. The van der Waals surface area contributed by atoms with Crippen LogP contribution in [0.1, 0.15) is 45.2 Å². The minimum absolute atomic E-state index is 0.130. The van der Waals surface area contributed by atoms with Gasteiger partial charge in [0, 0.05) is 0 Å². The van der Waals surface area contributed by atoms with Crippen molar-refractivity contribution in [3.63, 3.8) is 0 Å². The summed E-state index contributed by atoms with van der Waals surface area (Å²) in [4.78, 5) is 0. The molecule has 0 unspecified atom stereocenters. The number of ether oxygens (including phenoxy) is 2. The van der Waals surface area contributed by atoms with Gasteiger partial charge in [0.25, 0.3) is 8.32 Å². The molecule has 0 fully saturated rings. The summed E-state index contributed by atoms with van der Waals surface area (Å²) in [6, 6.07) is 41.2. The van der Waals surface area contributed by atoms with Crippen LogP contribution < -0.4 is 10.4 Å². The highest BCUT2D eigenvalue weighted by Crippen LogP contribution is 2.38. The highest BCUT2D eigenvalue weighted by Gasteiger charge is 2.52. The van der Waals surface area contributed by atoms with Gasteiger partial charge in [0.2, 0.25) is 0 Å². The molecule has 0 saturated carbocycles.